The minimum Gasteiger partial charge on any atom is -0.493 e. The van der Waals surface area contributed by atoms with E-state index in [1.54, 1.807) is 6.07 Å². The summed E-state index contributed by atoms with van der Waals surface area (Å²) in [6.45, 7) is 10.4. The first-order chi connectivity index (χ1) is 21.8. The second-order valence-electron chi connectivity index (χ2n) is 11.3. The number of carboxylic acids is 1. The summed E-state index contributed by atoms with van der Waals surface area (Å²) < 4.78 is 29.6. The highest BCUT2D eigenvalue weighted by molar-refractivity contribution is 6.04. The van der Waals surface area contributed by atoms with Crippen molar-refractivity contribution in [2.75, 3.05) is 26.3 Å². The average molecular weight is 615 g/mol. The number of nitrogens with zero attached hydrogens (tertiary/aromatic N) is 3. The van der Waals surface area contributed by atoms with Crippen LogP contribution in [0.15, 0.2) is 54.6 Å². The van der Waals surface area contributed by atoms with Crippen molar-refractivity contribution in [3.05, 3.63) is 83.1 Å². The molecule has 1 aliphatic heterocycles. The number of hydrogen-bond donors (Lipinski definition) is 2. The SMILES string of the molecule is CCNCC.Cc1nn(C)c2c1-c1cccc3c(CCCOc4cccc5cc(F)ccc45)c(C(=O)O)n(c13)CCCCOC2. The molecule has 0 unspecified atom stereocenters. The number of aryl methyl sites for hydroxylation is 4. The van der Waals surface area contributed by atoms with Crippen molar-refractivity contribution in [1.29, 1.82) is 0 Å². The van der Waals surface area contributed by atoms with Gasteiger partial charge in [0.15, 0.2) is 0 Å². The molecule has 5 aromatic rings. The van der Waals surface area contributed by atoms with Gasteiger partial charge in [0.1, 0.15) is 17.3 Å². The molecular weight excluding hydrogens is 571 g/mol. The molecule has 8 nitrogen and oxygen atoms in total. The van der Waals surface area contributed by atoms with Gasteiger partial charge in [-0.2, -0.15) is 5.10 Å². The Balaban J connectivity index is 0.000000743. The lowest BCUT2D eigenvalue weighted by atomic mass is 9.98. The Hall–Kier alpha value is -4.21. The summed E-state index contributed by atoms with van der Waals surface area (Å²) in [6.07, 6.45) is 2.84. The minimum absolute atomic E-state index is 0.284. The number of rotatable bonds is 8. The number of carboxylic acid groups (broad SMARTS) is 1. The Labute approximate surface area is 263 Å². The zero-order valence-electron chi connectivity index (χ0n) is 26.7. The Kier molecular flexibility index (Phi) is 10.5. The van der Waals surface area contributed by atoms with Crippen molar-refractivity contribution in [1.82, 2.24) is 19.7 Å². The van der Waals surface area contributed by atoms with Crippen LogP contribution >= 0.6 is 0 Å². The molecule has 0 bridgehead atoms. The molecular formula is C36H43FN4O4. The summed E-state index contributed by atoms with van der Waals surface area (Å²) in [5.41, 5.74) is 5.97. The molecule has 45 heavy (non-hydrogen) atoms. The molecule has 0 spiro atoms. The number of halogens is 1. The highest BCUT2D eigenvalue weighted by Gasteiger charge is 2.27. The number of aromatic carboxylic acids is 1. The van der Waals surface area contributed by atoms with Gasteiger partial charge >= 0.3 is 5.97 Å². The van der Waals surface area contributed by atoms with Crippen LogP contribution in [0.2, 0.25) is 0 Å². The molecule has 2 aromatic heterocycles. The van der Waals surface area contributed by atoms with E-state index in [0.29, 0.717) is 50.7 Å². The van der Waals surface area contributed by atoms with Gasteiger partial charge in [-0.25, -0.2) is 9.18 Å². The molecule has 9 heteroatoms. The first kappa shape index (κ1) is 32.2. The summed E-state index contributed by atoms with van der Waals surface area (Å²) in [7, 11) is 1.93. The molecule has 0 atom stereocenters. The number of hydrogen-bond acceptors (Lipinski definition) is 5. The number of fused-ring (bicyclic) bond motifs is 3. The van der Waals surface area contributed by atoms with Gasteiger partial charge in [0.05, 0.1) is 30.1 Å². The van der Waals surface area contributed by atoms with E-state index in [1.165, 1.54) is 12.1 Å². The van der Waals surface area contributed by atoms with Gasteiger partial charge in [0, 0.05) is 42.1 Å². The lowest BCUT2D eigenvalue weighted by molar-refractivity contribution is 0.0683. The van der Waals surface area contributed by atoms with Gasteiger partial charge in [0.25, 0.3) is 0 Å². The fourth-order valence-corrected chi connectivity index (χ4v) is 6.30. The van der Waals surface area contributed by atoms with Gasteiger partial charge in [-0.3, -0.25) is 4.68 Å². The molecule has 0 fully saturated rings. The molecule has 0 saturated carbocycles. The Bertz CT molecular complexity index is 1790. The van der Waals surface area contributed by atoms with Crippen LogP contribution in [0.25, 0.3) is 32.8 Å². The van der Waals surface area contributed by atoms with Crippen molar-refractivity contribution >= 4 is 27.6 Å². The number of para-hydroxylation sites is 1. The van der Waals surface area contributed by atoms with Gasteiger partial charge in [-0.15, -0.1) is 0 Å². The maximum atomic E-state index is 13.7. The van der Waals surface area contributed by atoms with Crippen molar-refractivity contribution in [2.24, 2.45) is 7.05 Å². The molecule has 0 amide bonds. The number of carbonyl (C=O) groups is 1. The predicted octanol–water partition coefficient (Wildman–Crippen LogP) is 7.28. The fourth-order valence-electron chi connectivity index (χ4n) is 6.30. The summed E-state index contributed by atoms with van der Waals surface area (Å²) in [4.78, 5) is 12.7. The predicted molar refractivity (Wildman–Crippen MR) is 177 cm³/mol. The molecule has 6 rings (SSSR count). The first-order valence-electron chi connectivity index (χ1n) is 15.8. The van der Waals surface area contributed by atoms with Crippen LogP contribution in [0.5, 0.6) is 5.75 Å². The number of nitrogens with one attached hydrogen (secondary N) is 1. The van der Waals surface area contributed by atoms with E-state index in [2.05, 4.69) is 30.3 Å². The third-order valence-corrected chi connectivity index (χ3v) is 8.29. The van der Waals surface area contributed by atoms with E-state index in [4.69, 9.17) is 9.47 Å². The minimum atomic E-state index is -0.927. The lowest BCUT2D eigenvalue weighted by Gasteiger charge is -2.12. The zero-order chi connectivity index (χ0) is 31.9. The molecule has 0 saturated heterocycles. The second kappa shape index (κ2) is 14.7. The monoisotopic (exact) mass is 614 g/mol. The standard InChI is InChI=1S/C32H32FN3O4.C4H11N/c1-20-29-26-10-6-9-24-25(11-7-17-40-28-12-5-8-21-18-22(33)13-14-23(21)28)31(32(37)38)36(30(24)26)15-3-4-16-39-19-27(29)35(2)34-20;1-3-5-4-2/h5-6,8-10,12-14,18H,3-4,7,11,15-17,19H2,1-2H3,(H,37,38);5H,3-4H2,1-2H3. The van der Waals surface area contributed by atoms with Crippen LogP contribution in [-0.2, 0) is 31.4 Å². The maximum Gasteiger partial charge on any atom is 0.352 e. The molecule has 0 radical (unpaired) electrons. The topological polar surface area (TPSA) is 90.5 Å². The van der Waals surface area contributed by atoms with Crippen LogP contribution in [-0.4, -0.2) is 51.7 Å². The normalized spacial score (nSPS) is 13.2. The van der Waals surface area contributed by atoms with Crippen LogP contribution < -0.4 is 10.1 Å². The van der Waals surface area contributed by atoms with Gasteiger partial charge in [-0.1, -0.05) is 44.2 Å². The van der Waals surface area contributed by atoms with E-state index in [1.807, 2.05) is 53.6 Å². The molecule has 3 heterocycles. The molecule has 238 valence electrons. The molecule has 0 aliphatic carbocycles. The zero-order valence-corrected chi connectivity index (χ0v) is 26.7. The largest absolute Gasteiger partial charge is 0.493 e. The van der Waals surface area contributed by atoms with Gasteiger partial charge in [0.2, 0.25) is 0 Å². The Morgan fingerprint density at radius 2 is 1.89 bits per heavy atom. The summed E-state index contributed by atoms with van der Waals surface area (Å²) in [6, 6.07) is 16.3. The Morgan fingerprint density at radius 3 is 2.64 bits per heavy atom. The van der Waals surface area contributed by atoms with Crippen molar-refractivity contribution in [3.63, 3.8) is 0 Å². The lowest BCUT2D eigenvalue weighted by Crippen LogP contribution is -2.12. The molecule has 1 aliphatic rings. The van der Waals surface area contributed by atoms with Crippen molar-refractivity contribution < 1.29 is 23.8 Å². The highest BCUT2D eigenvalue weighted by atomic mass is 19.1. The Morgan fingerprint density at radius 1 is 1.09 bits per heavy atom. The van der Waals surface area contributed by atoms with Crippen LogP contribution in [0.3, 0.4) is 0 Å². The van der Waals surface area contributed by atoms with Crippen LogP contribution in [0.4, 0.5) is 4.39 Å². The second-order valence-corrected chi connectivity index (χ2v) is 11.3. The summed E-state index contributed by atoms with van der Waals surface area (Å²) in [5, 5.41) is 20.8. The van der Waals surface area contributed by atoms with Crippen LogP contribution in [0.1, 0.15) is 60.5 Å². The maximum absolute atomic E-state index is 13.7. The smallest absolute Gasteiger partial charge is 0.352 e. The number of aromatic nitrogens is 3. The van der Waals surface area contributed by atoms with Crippen LogP contribution in [0, 0.1) is 12.7 Å². The number of benzene rings is 3. The van der Waals surface area contributed by atoms with Crippen molar-refractivity contribution in [3.8, 4) is 16.9 Å². The molecule has 3 aromatic carbocycles. The van der Waals surface area contributed by atoms with E-state index >= 15 is 0 Å². The highest BCUT2D eigenvalue weighted by Crippen LogP contribution is 2.39. The quantitative estimate of drug-likeness (QED) is 0.179. The third-order valence-electron chi connectivity index (χ3n) is 8.29. The van der Waals surface area contributed by atoms with E-state index in [-0.39, 0.29) is 5.82 Å². The van der Waals surface area contributed by atoms with E-state index in [9.17, 15) is 14.3 Å². The van der Waals surface area contributed by atoms with Gasteiger partial charge in [-0.05, 0) is 80.9 Å². The number of ether oxygens (including phenoxy) is 2. The van der Waals surface area contributed by atoms with E-state index < -0.39 is 5.97 Å². The summed E-state index contributed by atoms with van der Waals surface area (Å²) >= 11 is 0. The van der Waals surface area contributed by atoms with Crippen molar-refractivity contribution in [2.45, 2.75) is 59.6 Å². The average Bonchev–Trinajstić information content (AvgIpc) is 3.48. The fraction of sp³-hybridized carbons (Fsp3) is 0.389. The molecule has 2 N–H and O–H groups in total. The van der Waals surface area contributed by atoms with Gasteiger partial charge < -0.3 is 24.5 Å². The summed E-state index contributed by atoms with van der Waals surface area (Å²) in [5.74, 6) is -0.519. The third kappa shape index (κ3) is 6.89. The first-order valence-corrected chi connectivity index (χ1v) is 15.8. The van der Waals surface area contributed by atoms with E-state index in [0.717, 1.165) is 75.7 Å².